The van der Waals surface area contributed by atoms with Crippen LogP contribution in [-0.2, 0) is 19.8 Å². The van der Waals surface area contributed by atoms with Crippen LogP contribution in [0.5, 0.6) is 51.7 Å². The number of carboxylic acid groups (broad SMARTS) is 3. The molecule has 0 aromatic heterocycles. The van der Waals surface area contributed by atoms with Crippen molar-refractivity contribution in [3.63, 3.8) is 0 Å². The van der Waals surface area contributed by atoms with Crippen LogP contribution < -0.4 is 14.2 Å². The van der Waals surface area contributed by atoms with Gasteiger partial charge in [-0.3, -0.25) is 0 Å². The molecule has 0 aliphatic rings. The molecule has 0 saturated heterocycles. The number of rotatable bonds is 23. The summed E-state index contributed by atoms with van der Waals surface area (Å²) in [5.41, 5.74) is 22.7. The lowest BCUT2D eigenvalue weighted by Crippen LogP contribution is -2.24. The average Bonchev–Trinajstić information content (AvgIpc) is 0.724. The van der Waals surface area contributed by atoms with E-state index >= 15 is 0 Å². The zero-order valence-corrected chi connectivity index (χ0v) is 64.4. The third-order valence-electron chi connectivity index (χ3n) is 21.9. The van der Waals surface area contributed by atoms with Gasteiger partial charge in [0, 0.05) is 45.8 Å². The van der Waals surface area contributed by atoms with Crippen molar-refractivity contribution in [2.75, 3.05) is 19.8 Å². The number of ether oxygens (including phenoxy) is 3. The predicted molar refractivity (Wildman–Crippen MR) is 415 cm³/mol. The zero-order valence-electron chi connectivity index (χ0n) is 64.4. The van der Waals surface area contributed by atoms with Crippen LogP contribution in [0.15, 0.2) is 115 Å². The van der Waals surface area contributed by atoms with Gasteiger partial charge in [-0.15, -0.1) is 0 Å². The van der Waals surface area contributed by atoms with E-state index in [4.69, 9.17) is 14.2 Å². The molecule has 0 bridgehead atoms. The molecule has 0 fully saturated rings. The van der Waals surface area contributed by atoms with Crippen molar-refractivity contribution in [1.82, 2.24) is 0 Å². The fourth-order valence-electron chi connectivity index (χ4n) is 16.1. The van der Waals surface area contributed by atoms with Crippen molar-refractivity contribution in [3.8, 4) is 51.7 Å². The molecular formula is C91H98O15. The summed E-state index contributed by atoms with van der Waals surface area (Å²) in [6.45, 7) is 36.6. The maximum Gasteiger partial charge on any atom is 0.341 e. The van der Waals surface area contributed by atoms with Gasteiger partial charge in [-0.05, 0) is 322 Å². The summed E-state index contributed by atoms with van der Waals surface area (Å²) in [7, 11) is 0. The molecule has 0 radical (unpaired) electrons. The quantitative estimate of drug-likeness (QED) is 0.0270. The van der Waals surface area contributed by atoms with Gasteiger partial charge in [-0.1, -0.05) is 92.7 Å². The first-order chi connectivity index (χ1) is 49.7. The lowest BCUT2D eigenvalue weighted by molar-refractivity contribution is -0.140. The topological polar surface area (TPSA) is 261 Å². The van der Waals surface area contributed by atoms with Crippen LogP contribution in [0.4, 0.5) is 0 Å². The Morgan fingerprint density at radius 1 is 0.292 bits per heavy atom. The predicted octanol–water partition coefficient (Wildman–Crippen LogP) is 18.9. The number of phenols is 6. The first kappa shape index (κ1) is 77.4. The van der Waals surface area contributed by atoms with E-state index in [1.54, 1.807) is 36.4 Å². The van der Waals surface area contributed by atoms with E-state index in [-0.39, 0.29) is 34.5 Å². The van der Waals surface area contributed by atoms with E-state index in [9.17, 15) is 60.3 Å². The van der Waals surface area contributed by atoms with E-state index in [1.807, 2.05) is 173 Å². The Morgan fingerprint density at radius 2 is 0.519 bits per heavy atom. The highest BCUT2D eigenvalue weighted by atomic mass is 16.5. The van der Waals surface area contributed by atoms with E-state index in [0.717, 1.165) is 117 Å². The number of phenolic OH excluding ortho intramolecular Hbond substituents is 6. The minimum Gasteiger partial charge on any atom is -0.508 e. The van der Waals surface area contributed by atoms with Crippen molar-refractivity contribution < 1.29 is 74.6 Å². The Hall–Kier alpha value is -11.2. The summed E-state index contributed by atoms with van der Waals surface area (Å²) in [6.07, 6.45) is 0. The first-order valence-electron chi connectivity index (χ1n) is 35.6. The van der Waals surface area contributed by atoms with Crippen molar-refractivity contribution in [2.24, 2.45) is 0 Å². The highest BCUT2D eigenvalue weighted by Gasteiger charge is 2.39. The summed E-state index contributed by atoms with van der Waals surface area (Å²) in [6, 6.07) is 36.7. The zero-order chi connectivity index (χ0) is 77.9. The molecule has 15 heteroatoms. The van der Waals surface area contributed by atoms with Gasteiger partial charge in [-0.25, -0.2) is 14.4 Å². The molecule has 10 aromatic rings. The van der Waals surface area contributed by atoms with Crippen LogP contribution in [0.3, 0.4) is 0 Å². The van der Waals surface area contributed by atoms with Crippen LogP contribution in [-0.4, -0.2) is 83.7 Å². The van der Waals surface area contributed by atoms with E-state index in [0.29, 0.717) is 78.4 Å². The molecular weight excluding hydrogens is 1330 g/mol. The van der Waals surface area contributed by atoms with Crippen molar-refractivity contribution >= 4 is 17.9 Å². The Morgan fingerprint density at radius 3 is 0.764 bits per heavy atom. The average molecular weight is 1430 g/mol. The Kier molecular flexibility index (Phi) is 22.0. The number of aliphatic carboxylic acids is 3. The van der Waals surface area contributed by atoms with Gasteiger partial charge in [0.05, 0.1) is 0 Å². The minimum atomic E-state index is -1.19. The fourth-order valence-corrected chi connectivity index (χ4v) is 16.1. The number of carbonyl (C=O) groups is 3. The van der Waals surface area contributed by atoms with Gasteiger partial charge < -0.3 is 60.2 Å². The van der Waals surface area contributed by atoms with Crippen LogP contribution in [0.2, 0.25) is 0 Å². The minimum absolute atomic E-state index is 0.0931. The molecule has 0 unspecified atom stereocenters. The number of aryl methyl sites for hydroxylation is 15. The van der Waals surface area contributed by atoms with Gasteiger partial charge in [-0.2, -0.15) is 0 Å². The normalized spacial score (nSPS) is 11.7. The van der Waals surface area contributed by atoms with Crippen molar-refractivity contribution in [2.45, 2.75) is 168 Å². The third-order valence-corrected chi connectivity index (χ3v) is 21.9. The monoisotopic (exact) mass is 1430 g/mol. The van der Waals surface area contributed by atoms with Crippen LogP contribution in [0.1, 0.15) is 216 Å². The number of benzene rings is 10. The van der Waals surface area contributed by atoms with Gasteiger partial charge in [0.1, 0.15) is 51.7 Å². The van der Waals surface area contributed by atoms with Crippen molar-refractivity contribution in [1.29, 1.82) is 0 Å². The van der Waals surface area contributed by atoms with Crippen LogP contribution in [0.25, 0.3) is 0 Å². The second-order valence-electron chi connectivity index (χ2n) is 29.9. The Balaban J connectivity index is 1.33. The molecule has 10 aromatic carbocycles. The van der Waals surface area contributed by atoms with Gasteiger partial charge in [0.25, 0.3) is 0 Å². The molecule has 9 N–H and O–H groups in total. The molecule has 0 spiro atoms. The molecule has 0 aliphatic heterocycles. The summed E-state index contributed by atoms with van der Waals surface area (Å²) in [4.78, 5) is 38.2. The number of hydrogen-bond donors (Lipinski definition) is 9. The van der Waals surface area contributed by atoms with Crippen LogP contribution in [0, 0.1) is 125 Å². The second-order valence-corrected chi connectivity index (χ2v) is 29.9. The number of aromatic hydroxyl groups is 6. The number of hydrogen-bond acceptors (Lipinski definition) is 12. The summed E-state index contributed by atoms with van der Waals surface area (Å²) in [5, 5.41) is 98.7. The SMILES string of the molecule is Cc1cc(C(c2cc(C)c(O)cc2C)c2c(C)c(C(c3ccc(C(C)(C)c4cc(C)c(OCC(=O)O)c(C(c5cc(C)c(O)cc5C)c5cc(C)c(O)cc5C)c4C)cc3)c3cc(C)c(OCC(=O)O)c(C(c4cc(C)c(O)cc4C)c4cc(C)c(O)cc4C)c3C)cc(C)c2OCC(=O)O)c(C)cc1O. The maximum atomic E-state index is 12.8. The number of carboxylic acids is 3. The van der Waals surface area contributed by atoms with Gasteiger partial charge >= 0.3 is 17.9 Å². The molecule has 0 amide bonds. The molecule has 15 nitrogen and oxygen atoms in total. The van der Waals surface area contributed by atoms with Gasteiger partial charge in [0.2, 0.25) is 0 Å². The van der Waals surface area contributed by atoms with Crippen LogP contribution >= 0.6 is 0 Å². The molecule has 106 heavy (non-hydrogen) atoms. The molecule has 0 aliphatic carbocycles. The summed E-state index contributed by atoms with van der Waals surface area (Å²) >= 11 is 0. The largest absolute Gasteiger partial charge is 0.508 e. The summed E-state index contributed by atoms with van der Waals surface area (Å²) < 4.78 is 19.6. The van der Waals surface area contributed by atoms with E-state index in [1.165, 1.54) is 0 Å². The van der Waals surface area contributed by atoms with Gasteiger partial charge in [0.15, 0.2) is 19.8 Å². The molecule has 0 saturated carbocycles. The lowest BCUT2D eigenvalue weighted by atomic mass is 9.70. The first-order valence-corrected chi connectivity index (χ1v) is 35.6. The summed E-state index contributed by atoms with van der Waals surface area (Å²) in [5.74, 6) is -4.58. The highest BCUT2D eigenvalue weighted by molar-refractivity contribution is 5.73. The smallest absolute Gasteiger partial charge is 0.341 e. The maximum absolute atomic E-state index is 12.8. The Bertz CT molecular complexity index is 4840. The van der Waals surface area contributed by atoms with E-state index in [2.05, 4.69) is 44.2 Å². The highest BCUT2D eigenvalue weighted by Crippen LogP contribution is 2.54. The molecule has 0 atom stereocenters. The molecule has 0 heterocycles. The lowest BCUT2D eigenvalue weighted by Gasteiger charge is -2.35. The second kappa shape index (κ2) is 30.1. The Labute approximate surface area is 621 Å². The van der Waals surface area contributed by atoms with E-state index < -0.39 is 66.8 Å². The fraction of sp³-hybridized carbons (Fsp3) is 0.308. The molecule has 10 rings (SSSR count). The third kappa shape index (κ3) is 14.8. The molecule has 552 valence electrons. The van der Waals surface area contributed by atoms with Crippen molar-refractivity contribution in [3.05, 3.63) is 293 Å². The standard InChI is InChI=1S/C91H98O15/c1-43-34-72(92)49(7)25-63(43)85(64-26-50(8)73(93)35-44(64)2)81-58(16)69(31-55(13)88(81)104-40-78(98)99)84(70-32-56(14)89(105-41-79(100)101)82(59(70)17)86(65-27-51(9)74(94)36-45(65)3)66-28-52(10)75(95)37-46(66)4)61-21-23-62(24-22-61)91(19,20)71-33-57(15)90(106-42-80(102)103)83(60(71)18)87(67-29-53(11)76(96)38-47(67)5)68-30-54(12)77(97)39-48(68)6/h21-39,84-87,92-97H,40-42H2,1-20H3,(H,98,99)(H,100,101)(H,102,103).